The zero-order valence-corrected chi connectivity index (χ0v) is 9.07. The number of carbonyl (C=O) groups excluding carboxylic acids is 1. The normalized spacial score (nSPS) is 27.1. The smallest absolute Gasteiger partial charge is 0.192 e. The summed E-state index contributed by atoms with van der Waals surface area (Å²) >= 11 is 0. The van der Waals surface area contributed by atoms with Crippen molar-refractivity contribution in [1.29, 1.82) is 0 Å². The summed E-state index contributed by atoms with van der Waals surface area (Å²) in [6.07, 6.45) is 0.848. The average Bonchev–Trinajstić information content (AvgIpc) is 2.55. The van der Waals surface area contributed by atoms with Gasteiger partial charge in [0.25, 0.3) is 0 Å². The van der Waals surface area contributed by atoms with Crippen molar-refractivity contribution in [3.05, 3.63) is 35.4 Å². The summed E-state index contributed by atoms with van der Waals surface area (Å²) in [5, 5.41) is 13.5. The minimum atomic E-state index is -0.841. The third-order valence-electron chi connectivity index (χ3n) is 4.00. The topological polar surface area (TPSA) is 49.3 Å². The first-order valence-corrected chi connectivity index (χ1v) is 5.78. The van der Waals surface area contributed by atoms with Crippen LogP contribution >= 0.6 is 0 Å². The lowest BCUT2D eigenvalue weighted by Crippen LogP contribution is -2.46. The lowest BCUT2D eigenvalue weighted by Gasteiger charge is -2.36. The Morgan fingerprint density at radius 1 is 1.25 bits per heavy atom. The van der Waals surface area contributed by atoms with Gasteiger partial charge < -0.3 is 10.4 Å². The Kier molecular flexibility index (Phi) is 2.13. The van der Waals surface area contributed by atoms with Gasteiger partial charge in [0, 0.05) is 11.0 Å². The molecule has 1 aromatic rings. The molecular weight excluding hydrogens is 202 g/mol. The van der Waals surface area contributed by atoms with E-state index in [1.807, 2.05) is 24.3 Å². The zero-order valence-electron chi connectivity index (χ0n) is 9.07. The number of rotatable bonds is 0. The molecule has 1 atom stereocenters. The highest BCUT2D eigenvalue weighted by atomic mass is 16.3. The predicted molar refractivity (Wildman–Crippen MR) is 60.6 cm³/mol. The molecule has 3 rings (SSSR count). The van der Waals surface area contributed by atoms with Crippen molar-refractivity contribution in [1.82, 2.24) is 5.32 Å². The summed E-state index contributed by atoms with van der Waals surface area (Å²) in [6, 6.07) is 7.64. The van der Waals surface area contributed by atoms with Gasteiger partial charge in [0.1, 0.15) is 6.10 Å². The van der Waals surface area contributed by atoms with Gasteiger partial charge in [0.15, 0.2) is 5.78 Å². The molecule has 0 bridgehead atoms. The fraction of sp³-hybridized carbons (Fsp3) is 0.462. The maximum atomic E-state index is 12.0. The van der Waals surface area contributed by atoms with Crippen molar-refractivity contribution >= 4 is 5.78 Å². The number of hydrogen-bond donors (Lipinski definition) is 2. The van der Waals surface area contributed by atoms with Crippen LogP contribution in [0.2, 0.25) is 0 Å². The van der Waals surface area contributed by atoms with Gasteiger partial charge in [-0.25, -0.2) is 0 Å². The number of benzene rings is 1. The average molecular weight is 217 g/mol. The van der Waals surface area contributed by atoms with E-state index in [-0.39, 0.29) is 11.2 Å². The second kappa shape index (κ2) is 3.40. The first kappa shape index (κ1) is 10.00. The molecule has 0 amide bonds. The number of aliphatic hydroxyl groups excluding tert-OH is 1. The van der Waals surface area contributed by atoms with Crippen LogP contribution in [0.4, 0.5) is 0 Å². The second-order valence-electron chi connectivity index (χ2n) is 4.72. The van der Waals surface area contributed by atoms with Gasteiger partial charge in [-0.1, -0.05) is 24.3 Å². The van der Waals surface area contributed by atoms with Crippen LogP contribution in [0.1, 0.15) is 28.8 Å². The van der Waals surface area contributed by atoms with Crippen molar-refractivity contribution in [2.45, 2.75) is 24.4 Å². The largest absolute Gasteiger partial charge is 0.384 e. The van der Waals surface area contributed by atoms with Crippen LogP contribution in [-0.2, 0) is 5.41 Å². The maximum Gasteiger partial charge on any atom is 0.192 e. The van der Waals surface area contributed by atoms with Crippen molar-refractivity contribution in [2.24, 2.45) is 0 Å². The van der Waals surface area contributed by atoms with Gasteiger partial charge in [-0.2, -0.15) is 0 Å². The standard InChI is InChI=1S/C13H15NO2/c15-11-9-3-1-2-4-10(9)13(12(11)16)5-7-14-8-6-13/h1-4,12,14,16H,5-8H2. The molecule has 3 nitrogen and oxygen atoms in total. The van der Waals surface area contributed by atoms with Gasteiger partial charge in [0.2, 0.25) is 0 Å². The Labute approximate surface area is 94.5 Å². The highest BCUT2D eigenvalue weighted by Gasteiger charge is 2.51. The highest BCUT2D eigenvalue weighted by Crippen LogP contribution is 2.44. The molecule has 1 fully saturated rings. The third-order valence-corrected chi connectivity index (χ3v) is 4.00. The SMILES string of the molecule is O=C1c2ccccc2C2(CCNCC2)C1O. The first-order chi connectivity index (χ1) is 7.76. The van der Waals surface area contributed by atoms with Crippen LogP contribution in [-0.4, -0.2) is 30.1 Å². The molecular formula is C13H15NO2. The number of aliphatic hydroxyl groups is 1. The number of piperidine rings is 1. The number of ketones is 1. The summed E-state index contributed by atoms with van der Waals surface area (Å²) < 4.78 is 0. The third kappa shape index (κ3) is 1.13. The summed E-state index contributed by atoms with van der Waals surface area (Å²) in [6.45, 7) is 1.75. The molecule has 1 unspecified atom stereocenters. The second-order valence-corrected chi connectivity index (χ2v) is 4.72. The summed E-state index contributed by atoms with van der Waals surface area (Å²) in [5.41, 5.74) is 1.45. The quantitative estimate of drug-likeness (QED) is 0.678. The molecule has 0 aromatic heterocycles. The summed E-state index contributed by atoms with van der Waals surface area (Å²) in [5.74, 6) is -0.0995. The van der Waals surface area contributed by atoms with Crippen LogP contribution in [0.5, 0.6) is 0 Å². The summed E-state index contributed by atoms with van der Waals surface area (Å²) in [4.78, 5) is 12.0. The minimum absolute atomic E-state index is 0.0995. The molecule has 1 spiro atoms. The molecule has 1 aliphatic heterocycles. The molecule has 3 heteroatoms. The molecule has 1 saturated heterocycles. The Morgan fingerprint density at radius 2 is 1.94 bits per heavy atom. The van der Waals surface area contributed by atoms with E-state index >= 15 is 0 Å². The van der Waals surface area contributed by atoms with E-state index in [0.29, 0.717) is 0 Å². The predicted octanol–water partition coefficient (Wildman–Crippen LogP) is 0.865. The van der Waals surface area contributed by atoms with Crippen LogP contribution in [0.3, 0.4) is 0 Å². The molecule has 2 N–H and O–H groups in total. The fourth-order valence-electron chi connectivity index (χ4n) is 3.09. The molecule has 1 aliphatic carbocycles. The first-order valence-electron chi connectivity index (χ1n) is 5.78. The van der Waals surface area contributed by atoms with E-state index in [0.717, 1.165) is 37.1 Å². The highest BCUT2D eigenvalue weighted by molar-refractivity contribution is 6.05. The van der Waals surface area contributed by atoms with E-state index in [2.05, 4.69) is 5.32 Å². The van der Waals surface area contributed by atoms with Crippen LogP contribution in [0, 0.1) is 0 Å². The number of nitrogens with one attached hydrogen (secondary N) is 1. The molecule has 84 valence electrons. The van der Waals surface area contributed by atoms with Gasteiger partial charge in [-0.05, 0) is 31.5 Å². The molecule has 16 heavy (non-hydrogen) atoms. The molecule has 1 aromatic carbocycles. The lowest BCUT2D eigenvalue weighted by atomic mass is 9.73. The van der Waals surface area contributed by atoms with Crippen molar-refractivity contribution in [2.75, 3.05) is 13.1 Å². The molecule has 2 aliphatic rings. The Balaban J connectivity index is 2.15. The van der Waals surface area contributed by atoms with Crippen LogP contribution < -0.4 is 5.32 Å². The number of Topliss-reactive ketones (excluding diaryl/α,β-unsaturated/α-hetero) is 1. The van der Waals surface area contributed by atoms with Gasteiger partial charge >= 0.3 is 0 Å². The Morgan fingerprint density at radius 3 is 2.69 bits per heavy atom. The van der Waals surface area contributed by atoms with E-state index in [4.69, 9.17) is 0 Å². The summed E-state index contributed by atoms with van der Waals surface area (Å²) in [7, 11) is 0. The Hall–Kier alpha value is -1.19. The zero-order chi connectivity index (χ0) is 11.2. The van der Waals surface area contributed by atoms with Crippen molar-refractivity contribution < 1.29 is 9.90 Å². The number of carbonyl (C=O) groups is 1. The van der Waals surface area contributed by atoms with E-state index in [9.17, 15) is 9.90 Å². The van der Waals surface area contributed by atoms with E-state index in [1.54, 1.807) is 0 Å². The van der Waals surface area contributed by atoms with Gasteiger partial charge in [-0.15, -0.1) is 0 Å². The minimum Gasteiger partial charge on any atom is -0.384 e. The molecule has 1 heterocycles. The lowest BCUT2D eigenvalue weighted by molar-refractivity contribution is 0.0509. The van der Waals surface area contributed by atoms with E-state index in [1.165, 1.54) is 0 Å². The van der Waals surface area contributed by atoms with Gasteiger partial charge in [0.05, 0.1) is 0 Å². The monoisotopic (exact) mass is 217 g/mol. The van der Waals surface area contributed by atoms with Gasteiger partial charge in [-0.3, -0.25) is 4.79 Å². The van der Waals surface area contributed by atoms with E-state index < -0.39 is 6.10 Å². The van der Waals surface area contributed by atoms with Crippen molar-refractivity contribution in [3.8, 4) is 0 Å². The van der Waals surface area contributed by atoms with Crippen LogP contribution in [0.25, 0.3) is 0 Å². The molecule has 0 saturated carbocycles. The maximum absolute atomic E-state index is 12.0. The fourth-order valence-corrected chi connectivity index (χ4v) is 3.09. The van der Waals surface area contributed by atoms with Crippen LogP contribution in [0.15, 0.2) is 24.3 Å². The van der Waals surface area contributed by atoms with Crippen molar-refractivity contribution in [3.63, 3.8) is 0 Å². The number of hydrogen-bond acceptors (Lipinski definition) is 3. The molecule has 0 radical (unpaired) electrons. The number of fused-ring (bicyclic) bond motifs is 2. The Bertz CT molecular complexity index is 435.